The fourth-order valence-electron chi connectivity index (χ4n) is 1.30. The van der Waals surface area contributed by atoms with E-state index in [-0.39, 0.29) is 0 Å². The van der Waals surface area contributed by atoms with Crippen LogP contribution in [0.1, 0.15) is 31.7 Å². The molecule has 0 aliphatic carbocycles. The molecule has 0 amide bonds. The molecule has 0 bridgehead atoms. The van der Waals surface area contributed by atoms with Crippen LogP contribution in [0, 0.1) is 6.07 Å². The van der Waals surface area contributed by atoms with Crippen LogP contribution in [0.5, 0.6) is 0 Å². The van der Waals surface area contributed by atoms with E-state index >= 15 is 0 Å². The van der Waals surface area contributed by atoms with Gasteiger partial charge in [0.25, 0.3) is 0 Å². The van der Waals surface area contributed by atoms with Gasteiger partial charge in [-0.05, 0) is 30.9 Å². The van der Waals surface area contributed by atoms with Gasteiger partial charge in [-0.15, -0.1) is 0 Å². The van der Waals surface area contributed by atoms with Gasteiger partial charge in [0.15, 0.2) is 0 Å². The van der Waals surface area contributed by atoms with Gasteiger partial charge in [0.2, 0.25) is 0 Å². The van der Waals surface area contributed by atoms with E-state index in [4.69, 9.17) is 4.74 Å². The van der Waals surface area contributed by atoms with Crippen molar-refractivity contribution < 1.29 is 4.74 Å². The van der Waals surface area contributed by atoms with Crippen LogP contribution >= 0.6 is 0 Å². The van der Waals surface area contributed by atoms with E-state index < -0.39 is 0 Å². The topological polar surface area (TPSA) is 9.23 Å². The molecule has 0 heterocycles. The van der Waals surface area contributed by atoms with Gasteiger partial charge < -0.3 is 4.74 Å². The van der Waals surface area contributed by atoms with Crippen LogP contribution in [0.3, 0.4) is 0 Å². The molecular weight excluding hydrogens is 172 g/mol. The second kappa shape index (κ2) is 7.57. The number of rotatable bonds is 7. The van der Waals surface area contributed by atoms with Gasteiger partial charge in [0, 0.05) is 13.2 Å². The Hall–Kier alpha value is -0.820. The maximum absolute atomic E-state index is 5.48. The molecule has 1 heteroatoms. The van der Waals surface area contributed by atoms with Gasteiger partial charge in [-0.25, -0.2) is 0 Å². The van der Waals surface area contributed by atoms with Crippen molar-refractivity contribution in [1.82, 2.24) is 0 Å². The van der Waals surface area contributed by atoms with E-state index in [2.05, 4.69) is 25.1 Å². The SMILES string of the molecule is CCCCOCCCc1[c]cccc1. The Labute approximate surface area is 87.1 Å². The maximum atomic E-state index is 5.48. The van der Waals surface area contributed by atoms with Gasteiger partial charge in [-0.2, -0.15) is 0 Å². The molecule has 1 nitrogen and oxygen atoms in total. The second-order valence-corrected chi connectivity index (χ2v) is 3.46. The highest BCUT2D eigenvalue weighted by atomic mass is 16.5. The standard InChI is InChI=1S/C13H19O/c1-2-3-11-14-12-7-10-13-8-5-4-6-9-13/h4-6,8H,2-3,7,10-12H2,1H3. The summed E-state index contributed by atoms with van der Waals surface area (Å²) in [6.45, 7) is 3.97. The summed E-state index contributed by atoms with van der Waals surface area (Å²) in [5.41, 5.74) is 1.28. The molecule has 1 aromatic rings. The van der Waals surface area contributed by atoms with E-state index in [1.54, 1.807) is 0 Å². The minimum atomic E-state index is 0.878. The van der Waals surface area contributed by atoms with E-state index in [0.29, 0.717) is 0 Å². The van der Waals surface area contributed by atoms with Crippen LogP contribution in [0.15, 0.2) is 24.3 Å². The Balaban J connectivity index is 1.99. The Morgan fingerprint density at radius 2 is 2.07 bits per heavy atom. The highest BCUT2D eigenvalue weighted by Gasteiger charge is 1.92. The summed E-state index contributed by atoms with van der Waals surface area (Å²) in [7, 11) is 0. The van der Waals surface area contributed by atoms with Crippen LogP contribution in [0.25, 0.3) is 0 Å². The molecule has 0 unspecified atom stereocenters. The third-order valence-electron chi connectivity index (χ3n) is 2.15. The summed E-state index contributed by atoms with van der Waals surface area (Å²) in [5.74, 6) is 0. The Morgan fingerprint density at radius 1 is 1.21 bits per heavy atom. The lowest BCUT2D eigenvalue weighted by atomic mass is 10.1. The van der Waals surface area contributed by atoms with Crippen molar-refractivity contribution in [2.75, 3.05) is 13.2 Å². The summed E-state index contributed by atoms with van der Waals surface area (Å²) in [6.07, 6.45) is 4.57. The lowest BCUT2D eigenvalue weighted by Crippen LogP contribution is -1.98. The number of hydrogen-bond acceptors (Lipinski definition) is 1. The Morgan fingerprint density at radius 3 is 2.79 bits per heavy atom. The number of aryl methyl sites for hydroxylation is 1. The smallest absolute Gasteiger partial charge is 0.0469 e. The first-order chi connectivity index (χ1) is 6.93. The van der Waals surface area contributed by atoms with Crippen LogP contribution in [0.2, 0.25) is 0 Å². The number of ether oxygens (including phenoxy) is 1. The van der Waals surface area contributed by atoms with E-state index in [0.717, 1.165) is 26.1 Å². The summed E-state index contributed by atoms with van der Waals surface area (Å²) in [6, 6.07) is 11.4. The third-order valence-corrected chi connectivity index (χ3v) is 2.15. The Kier molecular flexibility index (Phi) is 6.09. The van der Waals surface area contributed by atoms with E-state index in [9.17, 15) is 0 Å². The largest absolute Gasteiger partial charge is 0.381 e. The lowest BCUT2D eigenvalue weighted by molar-refractivity contribution is 0.129. The average molecular weight is 191 g/mol. The first kappa shape index (κ1) is 11.3. The maximum Gasteiger partial charge on any atom is 0.0469 e. The molecule has 14 heavy (non-hydrogen) atoms. The van der Waals surface area contributed by atoms with Crippen molar-refractivity contribution in [3.8, 4) is 0 Å². The van der Waals surface area contributed by atoms with Crippen LogP contribution in [0.4, 0.5) is 0 Å². The Bertz CT molecular complexity index is 218. The number of hydrogen-bond donors (Lipinski definition) is 0. The highest BCUT2D eigenvalue weighted by Crippen LogP contribution is 2.01. The normalized spacial score (nSPS) is 10.4. The lowest BCUT2D eigenvalue weighted by Gasteiger charge is -2.02. The van der Waals surface area contributed by atoms with Crippen LogP contribution in [-0.4, -0.2) is 13.2 Å². The molecule has 0 aliphatic heterocycles. The monoisotopic (exact) mass is 191 g/mol. The summed E-state index contributed by atoms with van der Waals surface area (Å²) < 4.78 is 5.48. The van der Waals surface area contributed by atoms with Crippen molar-refractivity contribution in [1.29, 1.82) is 0 Å². The molecule has 1 rings (SSSR count). The van der Waals surface area contributed by atoms with Crippen molar-refractivity contribution in [3.05, 3.63) is 35.9 Å². The zero-order valence-electron chi connectivity index (χ0n) is 8.96. The van der Waals surface area contributed by atoms with Gasteiger partial charge in [0.05, 0.1) is 0 Å². The molecule has 0 aromatic heterocycles. The number of unbranched alkanes of at least 4 members (excludes halogenated alkanes) is 1. The highest BCUT2D eigenvalue weighted by molar-refractivity contribution is 5.12. The van der Waals surface area contributed by atoms with E-state index in [1.165, 1.54) is 18.4 Å². The first-order valence-corrected chi connectivity index (χ1v) is 5.47. The van der Waals surface area contributed by atoms with Crippen molar-refractivity contribution >= 4 is 0 Å². The quantitative estimate of drug-likeness (QED) is 0.601. The average Bonchev–Trinajstić information content (AvgIpc) is 2.25. The molecular formula is C13H19O. The van der Waals surface area contributed by atoms with Gasteiger partial charge >= 0.3 is 0 Å². The molecule has 0 atom stereocenters. The molecule has 1 aromatic carbocycles. The minimum absolute atomic E-state index is 0.878. The molecule has 0 saturated heterocycles. The fourth-order valence-corrected chi connectivity index (χ4v) is 1.30. The van der Waals surface area contributed by atoms with Gasteiger partial charge in [0.1, 0.15) is 0 Å². The molecule has 0 aliphatic rings. The first-order valence-electron chi connectivity index (χ1n) is 5.47. The van der Waals surface area contributed by atoms with Crippen LogP contribution < -0.4 is 0 Å². The molecule has 0 N–H and O–H groups in total. The van der Waals surface area contributed by atoms with Crippen LogP contribution in [-0.2, 0) is 11.2 Å². The second-order valence-electron chi connectivity index (χ2n) is 3.46. The predicted molar refractivity (Wildman–Crippen MR) is 59.3 cm³/mol. The predicted octanol–water partition coefficient (Wildman–Crippen LogP) is 3.24. The summed E-state index contributed by atoms with van der Waals surface area (Å²) in [5, 5.41) is 0. The number of benzene rings is 1. The van der Waals surface area contributed by atoms with Gasteiger partial charge in [-0.1, -0.05) is 37.6 Å². The summed E-state index contributed by atoms with van der Waals surface area (Å²) in [4.78, 5) is 0. The third kappa shape index (κ3) is 5.03. The molecule has 1 radical (unpaired) electrons. The van der Waals surface area contributed by atoms with E-state index in [1.807, 2.05) is 12.1 Å². The zero-order chi connectivity index (χ0) is 10.1. The molecule has 77 valence electrons. The van der Waals surface area contributed by atoms with Crippen molar-refractivity contribution in [2.24, 2.45) is 0 Å². The fraction of sp³-hybridized carbons (Fsp3) is 0.538. The zero-order valence-corrected chi connectivity index (χ0v) is 8.96. The van der Waals surface area contributed by atoms with Gasteiger partial charge in [-0.3, -0.25) is 0 Å². The molecule has 0 fully saturated rings. The molecule has 0 spiro atoms. The molecule has 0 saturated carbocycles. The minimum Gasteiger partial charge on any atom is -0.381 e. The summed E-state index contributed by atoms with van der Waals surface area (Å²) >= 11 is 0. The van der Waals surface area contributed by atoms with Crippen molar-refractivity contribution in [3.63, 3.8) is 0 Å². The van der Waals surface area contributed by atoms with Crippen molar-refractivity contribution in [2.45, 2.75) is 32.6 Å².